The Kier molecular flexibility index (Phi) is 5.14. The van der Waals surface area contributed by atoms with Gasteiger partial charge in [0.25, 0.3) is 5.91 Å². The summed E-state index contributed by atoms with van der Waals surface area (Å²) in [5.74, 6) is 1.32. The molecule has 1 amide bonds. The van der Waals surface area contributed by atoms with Crippen LogP contribution in [0.5, 0.6) is 0 Å². The maximum absolute atomic E-state index is 12.5. The fraction of sp³-hybridized carbons (Fsp3) is 0.421. The second kappa shape index (κ2) is 6.90. The highest BCUT2D eigenvalue weighted by atomic mass is 16.3. The quantitative estimate of drug-likeness (QED) is 0.870. The number of amides is 1. The third-order valence-corrected chi connectivity index (χ3v) is 4.21. The number of benzene rings is 1. The molecule has 1 heterocycles. The van der Waals surface area contributed by atoms with Crippen molar-refractivity contribution in [3.8, 4) is 0 Å². The molecule has 0 unspecified atom stereocenters. The van der Waals surface area contributed by atoms with E-state index >= 15 is 0 Å². The van der Waals surface area contributed by atoms with Crippen LogP contribution in [0.3, 0.4) is 0 Å². The van der Waals surface area contributed by atoms with Crippen LogP contribution in [-0.2, 0) is 0 Å². The first kappa shape index (κ1) is 17.1. The van der Waals surface area contributed by atoms with Gasteiger partial charge in [0.05, 0.1) is 5.56 Å². The number of nitrogens with one attached hydrogen (secondary N) is 1. The Hall–Kier alpha value is -2.23. The zero-order valence-corrected chi connectivity index (χ0v) is 14.9. The minimum absolute atomic E-state index is 0.124. The summed E-state index contributed by atoms with van der Waals surface area (Å²) in [6.45, 7) is 13.0. The number of hydrogen-bond acceptors (Lipinski definition) is 3. The zero-order chi connectivity index (χ0) is 17.1. The lowest BCUT2D eigenvalue weighted by Gasteiger charge is -2.27. The molecule has 0 aliphatic carbocycles. The van der Waals surface area contributed by atoms with Gasteiger partial charge < -0.3 is 14.6 Å². The van der Waals surface area contributed by atoms with E-state index in [1.54, 1.807) is 0 Å². The van der Waals surface area contributed by atoms with Gasteiger partial charge >= 0.3 is 0 Å². The first-order valence-corrected chi connectivity index (χ1v) is 8.09. The molecular formula is C19H26N2O2. The van der Waals surface area contributed by atoms with Crippen molar-refractivity contribution in [1.82, 2.24) is 0 Å². The highest BCUT2D eigenvalue weighted by Gasteiger charge is 2.18. The van der Waals surface area contributed by atoms with Gasteiger partial charge in [-0.1, -0.05) is 0 Å². The topological polar surface area (TPSA) is 45.5 Å². The van der Waals surface area contributed by atoms with Crippen molar-refractivity contribution in [2.45, 2.75) is 47.6 Å². The predicted octanol–water partition coefficient (Wildman–Crippen LogP) is 4.69. The van der Waals surface area contributed by atoms with Crippen molar-refractivity contribution in [2.24, 2.45) is 0 Å². The Balaban J connectivity index is 2.16. The number of hydrogen-bond donors (Lipinski definition) is 1. The molecule has 1 aromatic carbocycles. The highest BCUT2D eigenvalue weighted by Crippen LogP contribution is 2.23. The molecule has 4 heteroatoms. The second-order valence-electron chi connectivity index (χ2n) is 6.10. The average molecular weight is 314 g/mol. The molecule has 0 spiro atoms. The van der Waals surface area contributed by atoms with Crippen LogP contribution in [0.1, 0.15) is 48.2 Å². The van der Waals surface area contributed by atoms with Gasteiger partial charge in [0.2, 0.25) is 0 Å². The molecule has 2 rings (SSSR count). The molecule has 0 atom stereocenters. The fourth-order valence-electron chi connectivity index (χ4n) is 2.90. The molecule has 0 saturated heterocycles. The third-order valence-electron chi connectivity index (χ3n) is 4.21. The van der Waals surface area contributed by atoms with Gasteiger partial charge in [0.15, 0.2) is 0 Å². The monoisotopic (exact) mass is 314 g/mol. The first-order chi connectivity index (χ1) is 10.8. The minimum atomic E-state index is -0.124. The van der Waals surface area contributed by atoms with E-state index < -0.39 is 0 Å². The van der Waals surface area contributed by atoms with E-state index in [4.69, 9.17) is 4.42 Å². The third kappa shape index (κ3) is 3.58. The number of rotatable bonds is 5. The normalized spacial score (nSPS) is 10.9. The van der Waals surface area contributed by atoms with Crippen molar-refractivity contribution in [3.63, 3.8) is 0 Å². The van der Waals surface area contributed by atoms with Gasteiger partial charge in [-0.3, -0.25) is 4.79 Å². The number of anilines is 2. The van der Waals surface area contributed by atoms with E-state index in [1.165, 1.54) is 0 Å². The lowest BCUT2D eigenvalue weighted by Crippen LogP contribution is -2.30. The molecular weight excluding hydrogens is 288 g/mol. The maximum atomic E-state index is 12.5. The second-order valence-corrected chi connectivity index (χ2v) is 6.10. The fourth-order valence-corrected chi connectivity index (χ4v) is 2.90. The first-order valence-electron chi connectivity index (χ1n) is 8.09. The summed E-state index contributed by atoms with van der Waals surface area (Å²) < 4.78 is 5.53. The Morgan fingerprint density at radius 3 is 2.17 bits per heavy atom. The van der Waals surface area contributed by atoms with Crippen LogP contribution in [0, 0.1) is 20.8 Å². The lowest BCUT2D eigenvalue weighted by molar-refractivity contribution is 0.102. The molecule has 1 aromatic heterocycles. The van der Waals surface area contributed by atoms with Crippen molar-refractivity contribution in [3.05, 3.63) is 46.9 Å². The van der Waals surface area contributed by atoms with Gasteiger partial charge in [0, 0.05) is 29.5 Å². The molecule has 0 bridgehead atoms. The van der Waals surface area contributed by atoms with Crippen LogP contribution >= 0.6 is 0 Å². The van der Waals surface area contributed by atoms with Crippen molar-refractivity contribution >= 4 is 17.3 Å². The molecule has 23 heavy (non-hydrogen) atoms. The van der Waals surface area contributed by atoms with Crippen LogP contribution in [0.2, 0.25) is 0 Å². The smallest absolute Gasteiger partial charge is 0.259 e. The largest absolute Gasteiger partial charge is 0.466 e. The molecule has 0 radical (unpaired) electrons. The van der Waals surface area contributed by atoms with Gasteiger partial charge in [-0.05, 0) is 65.8 Å². The van der Waals surface area contributed by atoms with Gasteiger partial charge in [0.1, 0.15) is 11.5 Å². The summed E-state index contributed by atoms with van der Waals surface area (Å²) in [7, 11) is 0. The summed E-state index contributed by atoms with van der Waals surface area (Å²) in [4.78, 5) is 14.8. The molecule has 1 N–H and O–H groups in total. The van der Waals surface area contributed by atoms with Crippen LogP contribution in [0.15, 0.2) is 28.7 Å². The van der Waals surface area contributed by atoms with Crippen molar-refractivity contribution < 1.29 is 9.21 Å². The number of aryl methyl sites for hydroxylation is 2. The summed E-state index contributed by atoms with van der Waals surface area (Å²) in [5.41, 5.74) is 3.47. The van der Waals surface area contributed by atoms with Crippen LogP contribution < -0.4 is 10.2 Å². The Bertz CT molecular complexity index is 684. The van der Waals surface area contributed by atoms with Gasteiger partial charge in [-0.25, -0.2) is 0 Å². The molecule has 0 saturated carbocycles. The van der Waals surface area contributed by atoms with Crippen LogP contribution in [0.25, 0.3) is 0 Å². The van der Waals surface area contributed by atoms with E-state index in [0.717, 1.165) is 29.2 Å². The molecule has 0 aliphatic rings. The number of furan rings is 1. The Labute approximate surface area is 138 Å². The maximum Gasteiger partial charge on any atom is 0.259 e. The van der Waals surface area contributed by atoms with E-state index in [-0.39, 0.29) is 5.91 Å². The molecule has 4 nitrogen and oxygen atoms in total. The predicted molar refractivity (Wildman–Crippen MR) is 95.5 cm³/mol. The van der Waals surface area contributed by atoms with Crippen LogP contribution in [0.4, 0.5) is 11.4 Å². The number of nitrogens with zero attached hydrogens (tertiary/aromatic N) is 1. The Morgan fingerprint density at radius 1 is 1.13 bits per heavy atom. The molecule has 124 valence electrons. The van der Waals surface area contributed by atoms with Gasteiger partial charge in [-0.15, -0.1) is 0 Å². The average Bonchev–Trinajstić information content (AvgIpc) is 2.74. The number of carbonyl (C=O) groups excluding carboxylic acids is 1. The standard InChI is InChI=1S/C19H26N2O2/c1-7-21(12(2)3)17-10-8-16(9-11-17)20-19(22)18-13(4)14(5)23-15(18)6/h8-12H,7H2,1-6H3,(H,20,22). The summed E-state index contributed by atoms with van der Waals surface area (Å²) >= 11 is 0. The SMILES string of the molecule is CCN(c1ccc(NC(=O)c2c(C)oc(C)c2C)cc1)C(C)C. The van der Waals surface area contributed by atoms with E-state index in [0.29, 0.717) is 17.4 Å². The lowest BCUT2D eigenvalue weighted by atomic mass is 10.1. The van der Waals surface area contributed by atoms with E-state index in [1.807, 2.05) is 45.0 Å². The highest BCUT2D eigenvalue weighted by molar-refractivity contribution is 6.06. The molecule has 2 aromatic rings. The Morgan fingerprint density at radius 2 is 1.74 bits per heavy atom. The summed E-state index contributed by atoms with van der Waals surface area (Å²) in [6, 6.07) is 8.41. The van der Waals surface area contributed by atoms with Crippen molar-refractivity contribution in [1.29, 1.82) is 0 Å². The van der Waals surface area contributed by atoms with Crippen molar-refractivity contribution in [2.75, 3.05) is 16.8 Å². The zero-order valence-electron chi connectivity index (χ0n) is 14.9. The minimum Gasteiger partial charge on any atom is -0.466 e. The summed E-state index contributed by atoms with van der Waals surface area (Å²) in [5, 5.41) is 2.95. The van der Waals surface area contributed by atoms with E-state index in [9.17, 15) is 4.79 Å². The number of carbonyl (C=O) groups is 1. The summed E-state index contributed by atoms with van der Waals surface area (Å²) in [6.07, 6.45) is 0. The van der Waals surface area contributed by atoms with E-state index in [2.05, 4.69) is 31.0 Å². The van der Waals surface area contributed by atoms with Crippen LogP contribution in [-0.4, -0.2) is 18.5 Å². The molecule has 0 aliphatic heterocycles. The molecule has 0 fully saturated rings. The van der Waals surface area contributed by atoms with Gasteiger partial charge in [-0.2, -0.15) is 0 Å².